The average molecular weight is 449 g/mol. The maximum atomic E-state index is 12.5. The molecular weight excluding hydrogens is 433 g/mol. The third-order valence-electron chi connectivity index (χ3n) is 4.02. The van der Waals surface area contributed by atoms with E-state index in [0.717, 1.165) is 0 Å². The third kappa shape index (κ3) is 6.48. The number of carbonyl (C=O) groups excluding carboxylic acids is 2. The summed E-state index contributed by atoms with van der Waals surface area (Å²) in [4.78, 5) is 24.7. The lowest BCUT2D eigenvalue weighted by Gasteiger charge is -2.14. The molecule has 31 heavy (non-hydrogen) atoms. The van der Waals surface area contributed by atoms with Gasteiger partial charge in [0, 0.05) is 21.8 Å². The van der Waals surface area contributed by atoms with E-state index in [2.05, 4.69) is 10.6 Å². The number of carbonyl (C=O) groups is 2. The van der Waals surface area contributed by atoms with E-state index in [1.54, 1.807) is 30.3 Å². The van der Waals surface area contributed by atoms with Gasteiger partial charge in [-0.25, -0.2) is 0 Å². The fourth-order valence-electron chi connectivity index (χ4n) is 2.58. The van der Waals surface area contributed by atoms with Gasteiger partial charge in [0.15, 0.2) is 6.61 Å². The Balaban J connectivity index is 1.68. The fraction of sp³-hybridized carbons (Fsp3) is 0.0909. The summed E-state index contributed by atoms with van der Waals surface area (Å²) in [6, 6.07) is 18.5. The highest BCUT2D eigenvalue weighted by Crippen LogP contribution is 2.30. The maximum Gasteiger partial charge on any atom is 0.422 e. The summed E-state index contributed by atoms with van der Waals surface area (Å²) in [7, 11) is 0. The van der Waals surface area contributed by atoms with E-state index in [1.165, 1.54) is 42.5 Å². The molecule has 5 nitrogen and oxygen atoms in total. The second-order valence-corrected chi connectivity index (χ2v) is 6.83. The van der Waals surface area contributed by atoms with E-state index in [1.807, 2.05) is 0 Å². The minimum atomic E-state index is -4.53. The molecule has 0 aliphatic rings. The lowest BCUT2D eigenvalue weighted by Crippen LogP contribution is -2.20. The number of ether oxygens (including phenoxy) is 1. The zero-order valence-electron chi connectivity index (χ0n) is 15.9. The van der Waals surface area contributed by atoms with Crippen molar-refractivity contribution in [2.45, 2.75) is 6.18 Å². The zero-order valence-corrected chi connectivity index (χ0v) is 16.6. The first-order chi connectivity index (χ1) is 14.7. The number of halogens is 4. The Morgan fingerprint density at radius 1 is 0.839 bits per heavy atom. The van der Waals surface area contributed by atoms with E-state index in [-0.39, 0.29) is 27.9 Å². The van der Waals surface area contributed by atoms with Gasteiger partial charge >= 0.3 is 6.18 Å². The van der Waals surface area contributed by atoms with Gasteiger partial charge in [0.2, 0.25) is 0 Å². The van der Waals surface area contributed by atoms with Gasteiger partial charge in [0.25, 0.3) is 11.8 Å². The quantitative estimate of drug-likeness (QED) is 0.502. The molecule has 0 aromatic heterocycles. The van der Waals surface area contributed by atoms with Crippen LogP contribution in [0.3, 0.4) is 0 Å². The molecule has 3 aromatic rings. The highest BCUT2D eigenvalue weighted by Gasteiger charge is 2.29. The smallest absolute Gasteiger partial charge is 0.422 e. The van der Waals surface area contributed by atoms with E-state index >= 15 is 0 Å². The van der Waals surface area contributed by atoms with Crippen LogP contribution < -0.4 is 15.4 Å². The molecule has 2 N–H and O–H groups in total. The molecule has 0 aliphatic heterocycles. The van der Waals surface area contributed by atoms with Crippen LogP contribution in [0.1, 0.15) is 20.7 Å². The summed E-state index contributed by atoms with van der Waals surface area (Å²) in [6.07, 6.45) is -4.53. The van der Waals surface area contributed by atoms with Crippen LogP contribution in [0.15, 0.2) is 72.8 Å². The largest absolute Gasteiger partial charge is 0.482 e. The molecule has 0 fully saturated rings. The molecule has 0 saturated heterocycles. The Morgan fingerprint density at radius 2 is 1.45 bits per heavy atom. The molecule has 0 atom stereocenters. The van der Waals surface area contributed by atoms with Crippen LogP contribution in [0.5, 0.6) is 5.75 Å². The van der Waals surface area contributed by atoms with Crippen LogP contribution in [-0.2, 0) is 0 Å². The fourth-order valence-corrected chi connectivity index (χ4v) is 2.75. The summed E-state index contributed by atoms with van der Waals surface area (Å²) in [5.41, 5.74) is 1.18. The highest BCUT2D eigenvalue weighted by molar-refractivity contribution is 6.31. The lowest BCUT2D eigenvalue weighted by atomic mass is 10.1. The van der Waals surface area contributed by atoms with Crippen molar-refractivity contribution < 1.29 is 27.5 Å². The molecule has 160 valence electrons. The number of hydrogen-bond acceptors (Lipinski definition) is 3. The number of nitrogens with one attached hydrogen (secondary N) is 2. The third-order valence-corrected chi connectivity index (χ3v) is 4.26. The number of amides is 2. The molecule has 3 rings (SSSR count). The van der Waals surface area contributed by atoms with Crippen molar-refractivity contribution in [2.75, 3.05) is 17.2 Å². The SMILES string of the molecule is O=C(Nc1ccc(C(=O)Nc2cc(Cl)ccc2OCC(F)(F)F)cc1)c1ccccc1. The summed E-state index contributed by atoms with van der Waals surface area (Å²) in [5.74, 6) is -1.05. The standard InChI is InChI=1S/C22H16ClF3N2O3/c23-16-8-11-19(31-13-22(24,25)26)18(12-16)28-21(30)15-6-9-17(10-7-15)27-20(29)14-4-2-1-3-5-14/h1-12H,13H2,(H,27,29)(H,28,30). The van der Waals surface area contributed by atoms with Crippen molar-refractivity contribution in [1.82, 2.24) is 0 Å². The maximum absolute atomic E-state index is 12.5. The number of hydrogen-bond donors (Lipinski definition) is 2. The molecule has 9 heteroatoms. The average Bonchev–Trinajstić information content (AvgIpc) is 2.73. The predicted octanol–water partition coefficient (Wildman–Crippen LogP) is 5.79. The Bertz CT molecular complexity index is 1070. The van der Waals surface area contributed by atoms with Gasteiger partial charge in [-0.3, -0.25) is 9.59 Å². The van der Waals surface area contributed by atoms with Crippen molar-refractivity contribution in [3.05, 3.63) is 88.9 Å². The van der Waals surface area contributed by atoms with Crippen LogP contribution in [0.2, 0.25) is 5.02 Å². The van der Waals surface area contributed by atoms with E-state index in [9.17, 15) is 22.8 Å². The van der Waals surface area contributed by atoms with Gasteiger partial charge < -0.3 is 15.4 Å². The second kappa shape index (κ2) is 9.53. The van der Waals surface area contributed by atoms with Gasteiger partial charge in [-0.1, -0.05) is 29.8 Å². The normalized spacial score (nSPS) is 11.0. The van der Waals surface area contributed by atoms with Crippen molar-refractivity contribution in [1.29, 1.82) is 0 Å². The monoisotopic (exact) mass is 448 g/mol. The topological polar surface area (TPSA) is 67.4 Å². The Hall–Kier alpha value is -3.52. The van der Waals surface area contributed by atoms with Gasteiger partial charge in [-0.2, -0.15) is 13.2 Å². The number of anilines is 2. The van der Waals surface area contributed by atoms with Crippen LogP contribution in [-0.4, -0.2) is 24.6 Å². The van der Waals surface area contributed by atoms with Gasteiger partial charge in [-0.05, 0) is 54.6 Å². The van der Waals surface area contributed by atoms with Gasteiger partial charge in [-0.15, -0.1) is 0 Å². The molecule has 2 amide bonds. The highest BCUT2D eigenvalue weighted by atomic mass is 35.5. The predicted molar refractivity (Wildman–Crippen MR) is 112 cm³/mol. The van der Waals surface area contributed by atoms with Crippen LogP contribution in [0, 0.1) is 0 Å². The summed E-state index contributed by atoms with van der Waals surface area (Å²) >= 11 is 5.89. The summed E-state index contributed by atoms with van der Waals surface area (Å²) < 4.78 is 42.1. The molecular formula is C22H16ClF3N2O3. The van der Waals surface area contributed by atoms with E-state index in [0.29, 0.717) is 11.3 Å². The summed E-state index contributed by atoms with van der Waals surface area (Å²) in [5, 5.41) is 5.41. The molecule has 0 bridgehead atoms. The first kappa shape index (κ1) is 22.2. The zero-order chi connectivity index (χ0) is 22.4. The van der Waals surface area contributed by atoms with Gasteiger partial charge in [0.05, 0.1) is 5.69 Å². The second-order valence-electron chi connectivity index (χ2n) is 6.40. The number of benzene rings is 3. The minimum absolute atomic E-state index is 0.00297. The Kier molecular flexibility index (Phi) is 6.81. The van der Waals surface area contributed by atoms with Crippen LogP contribution in [0.25, 0.3) is 0 Å². The molecule has 0 aliphatic carbocycles. The molecule has 0 heterocycles. The lowest BCUT2D eigenvalue weighted by molar-refractivity contribution is -0.153. The first-order valence-electron chi connectivity index (χ1n) is 8.98. The van der Waals surface area contributed by atoms with E-state index in [4.69, 9.17) is 16.3 Å². The van der Waals surface area contributed by atoms with Crippen LogP contribution in [0.4, 0.5) is 24.5 Å². The molecule has 0 unspecified atom stereocenters. The number of rotatable bonds is 6. The molecule has 0 saturated carbocycles. The minimum Gasteiger partial charge on any atom is -0.482 e. The van der Waals surface area contributed by atoms with Crippen molar-refractivity contribution >= 4 is 34.8 Å². The molecule has 3 aromatic carbocycles. The van der Waals surface area contributed by atoms with Gasteiger partial charge in [0.1, 0.15) is 5.75 Å². The summed E-state index contributed by atoms with van der Waals surface area (Å²) in [6.45, 7) is -1.51. The Morgan fingerprint density at radius 3 is 2.10 bits per heavy atom. The Labute approximate surface area is 180 Å². The van der Waals surface area contributed by atoms with Crippen molar-refractivity contribution in [3.63, 3.8) is 0 Å². The van der Waals surface area contributed by atoms with Crippen LogP contribution >= 0.6 is 11.6 Å². The van der Waals surface area contributed by atoms with E-state index < -0.39 is 18.7 Å². The molecule has 0 spiro atoms. The van der Waals surface area contributed by atoms with Crippen molar-refractivity contribution in [2.24, 2.45) is 0 Å². The first-order valence-corrected chi connectivity index (χ1v) is 9.36. The molecule has 0 radical (unpaired) electrons. The number of alkyl halides is 3. The van der Waals surface area contributed by atoms with Crippen molar-refractivity contribution in [3.8, 4) is 5.75 Å².